The van der Waals surface area contributed by atoms with Gasteiger partial charge in [0.2, 0.25) is 5.95 Å². The van der Waals surface area contributed by atoms with Gasteiger partial charge in [0, 0.05) is 25.7 Å². The number of nitrogens with zero attached hydrogens (tertiary/aromatic N) is 5. The topological polar surface area (TPSA) is 86.2 Å². The van der Waals surface area contributed by atoms with Crippen molar-refractivity contribution >= 4 is 34.9 Å². The molecule has 3 rings (SSSR count). The Hall–Kier alpha value is -2.87. The van der Waals surface area contributed by atoms with Crippen molar-refractivity contribution in [3.63, 3.8) is 0 Å². The van der Waals surface area contributed by atoms with Crippen molar-refractivity contribution in [2.45, 2.75) is 13.5 Å². The highest BCUT2D eigenvalue weighted by atomic mass is 35.5. The van der Waals surface area contributed by atoms with Crippen LogP contribution in [-0.2, 0) is 20.6 Å². The van der Waals surface area contributed by atoms with Crippen LogP contribution in [0.3, 0.4) is 0 Å². The van der Waals surface area contributed by atoms with E-state index in [2.05, 4.69) is 15.5 Å². The van der Waals surface area contributed by atoms with Gasteiger partial charge < -0.3 is 4.57 Å². The average Bonchev–Trinajstić information content (AvgIpc) is 2.92. The standard InChI is InChI=1S/C16H17ClN6O2/c1-4-23-14(24)12-13(22(3)16(23)25)19-15(21(12)2)20-18-9-10-5-7-11(17)8-6-10/h5-9H,4H2,1-3H3,(H,19,20)/b18-9-. The van der Waals surface area contributed by atoms with Crippen LogP contribution in [0.5, 0.6) is 0 Å². The minimum atomic E-state index is -0.394. The van der Waals surface area contributed by atoms with E-state index in [4.69, 9.17) is 11.6 Å². The summed E-state index contributed by atoms with van der Waals surface area (Å²) in [6.45, 7) is 2.05. The second-order valence-electron chi connectivity index (χ2n) is 5.48. The number of hydrazone groups is 1. The smallest absolute Gasteiger partial charge is 0.306 e. The molecule has 0 atom stereocenters. The number of anilines is 1. The van der Waals surface area contributed by atoms with E-state index >= 15 is 0 Å². The number of benzene rings is 1. The first-order chi connectivity index (χ1) is 11.9. The van der Waals surface area contributed by atoms with Gasteiger partial charge in [-0.25, -0.2) is 10.2 Å². The number of nitrogens with one attached hydrogen (secondary N) is 1. The molecule has 0 aliphatic rings. The average molecular weight is 361 g/mol. The van der Waals surface area contributed by atoms with Crippen LogP contribution in [0.25, 0.3) is 11.2 Å². The van der Waals surface area contributed by atoms with E-state index in [-0.39, 0.29) is 5.56 Å². The fraction of sp³-hybridized carbons (Fsp3) is 0.250. The summed E-state index contributed by atoms with van der Waals surface area (Å²) in [6.07, 6.45) is 1.61. The maximum absolute atomic E-state index is 12.5. The minimum absolute atomic E-state index is 0.296. The highest BCUT2D eigenvalue weighted by Crippen LogP contribution is 2.13. The first-order valence-electron chi connectivity index (χ1n) is 7.65. The number of aryl methyl sites for hydroxylation is 2. The van der Waals surface area contributed by atoms with Crippen molar-refractivity contribution in [3.8, 4) is 0 Å². The molecule has 0 amide bonds. The number of imidazole rings is 1. The second-order valence-corrected chi connectivity index (χ2v) is 5.92. The maximum atomic E-state index is 12.5. The van der Waals surface area contributed by atoms with Crippen LogP contribution < -0.4 is 16.7 Å². The highest BCUT2D eigenvalue weighted by molar-refractivity contribution is 6.30. The molecule has 130 valence electrons. The summed E-state index contributed by atoms with van der Waals surface area (Å²) in [7, 11) is 3.28. The zero-order valence-electron chi connectivity index (χ0n) is 14.0. The zero-order valence-corrected chi connectivity index (χ0v) is 14.8. The number of rotatable bonds is 4. The Balaban J connectivity index is 2.01. The molecule has 0 saturated heterocycles. The molecule has 25 heavy (non-hydrogen) atoms. The summed E-state index contributed by atoms with van der Waals surface area (Å²) in [5.74, 6) is 0.362. The van der Waals surface area contributed by atoms with Gasteiger partial charge in [-0.1, -0.05) is 23.7 Å². The first kappa shape index (κ1) is 17.0. The number of halogens is 1. The summed E-state index contributed by atoms with van der Waals surface area (Å²) in [6, 6.07) is 7.18. The van der Waals surface area contributed by atoms with E-state index in [9.17, 15) is 9.59 Å². The molecule has 9 heteroatoms. The van der Waals surface area contributed by atoms with Gasteiger partial charge in [0.05, 0.1) is 6.21 Å². The van der Waals surface area contributed by atoms with Gasteiger partial charge in [-0.05, 0) is 24.6 Å². The first-order valence-corrected chi connectivity index (χ1v) is 8.02. The molecule has 0 unspecified atom stereocenters. The lowest BCUT2D eigenvalue weighted by atomic mass is 10.2. The van der Waals surface area contributed by atoms with Gasteiger partial charge in [0.1, 0.15) is 0 Å². The van der Waals surface area contributed by atoms with Crippen LogP contribution in [0.2, 0.25) is 5.02 Å². The predicted octanol–water partition coefficient (Wildman–Crippen LogP) is 1.55. The maximum Gasteiger partial charge on any atom is 0.332 e. The molecule has 0 aliphatic heterocycles. The molecule has 1 aromatic carbocycles. The van der Waals surface area contributed by atoms with Crippen LogP contribution in [0.4, 0.5) is 5.95 Å². The third-order valence-corrected chi connectivity index (χ3v) is 4.18. The number of aromatic nitrogens is 4. The van der Waals surface area contributed by atoms with Crippen molar-refractivity contribution < 1.29 is 0 Å². The molecule has 3 aromatic rings. The molecule has 0 aliphatic carbocycles. The highest BCUT2D eigenvalue weighted by Gasteiger charge is 2.17. The molecule has 0 saturated carbocycles. The van der Waals surface area contributed by atoms with E-state index in [1.807, 2.05) is 12.1 Å². The van der Waals surface area contributed by atoms with E-state index in [0.717, 1.165) is 5.56 Å². The van der Waals surface area contributed by atoms with E-state index in [0.29, 0.717) is 28.7 Å². The normalized spacial score (nSPS) is 11.5. The lowest BCUT2D eigenvalue weighted by molar-refractivity contribution is 0.635. The molecular weight excluding hydrogens is 344 g/mol. The SMILES string of the molecule is CCn1c(=O)c2c(nc(N/N=C\c3ccc(Cl)cc3)n2C)n(C)c1=O. The van der Waals surface area contributed by atoms with Crippen molar-refractivity contribution in [2.24, 2.45) is 19.2 Å². The largest absolute Gasteiger partial charge is 0.332 e. The Morgan fingerprint density at radius 1 is 1.20 bits per heavy atom. The van der Waals surface area contributed by atoms with E-state index in [1.54, 1.807) is 43.9 Å². The van der Waals surface area contributed by atoms with Gasteiger partial charge in [-0.3, -0.25) is 13.9 Å². The van der Waals surface area contributed by atoms with Gasteiger partial charge >= 0.3 is 5.69 Å². The second kappa shape index (κ2) is 6.56. The number of hydrogen-bond donors (Lipinski definition) is 1. The van der Waals surface area contributed by atoms with Crippen molar-refractivity contribution in [1.29, 1.82) is 0 Å². The van der Waals surface area contributed by atoms with Crippen LogP contribution in [-0.4, -0.2) is 24.9 Å². The third kappa shape index (κ3) is 2.96. The van der Waals surface area contributed by atoms with Crippen LogP contribution in [0.1, 0.15) is 12.5 Å². The van der Waals surface area contributed by atoms with Gasteiger partial charge in [-0.2, -0.15) is 10.1 Å². The van der Waals surface area contributed by atoms with E-state index in [1.165, 1.54) is 9.13 Å². The van der Waals surface area contributed by atoms with Crippen LogP contribution in [0.15, 0.2) is 39.0 Å². The third-order valence-electron chi connectivity index (χ3n) is 3.92. The predicted molar refractivity (Wildman–Crippen MR) is 98.6 cm³/mol. The summed E-state index contributed by atoms with van der Waals surface area (Å²) in [5.41, 5.74) is 3.55. The molecule has 0 spiro atoms. The van der Waals surface area contributed by atoms with Gasteiger partial charge in [0.25, 0.3) is 5.56 Å². The lowest BCUT2D eigenvalue weighted by Crippen LogP contribution is -2.39. The fourth-order valence-electron chi connectivity index (χ4n) is 2.54. The van der Waals surface area contributed by atoms with Gasteiger partial charge in [-0.15, -0.1) is 0 Å². The van der Waals surface area contributed by atoms with Crippen molar-refractivity contribution in [3.05, 3.63) is 55.7 Å². The van der Waals surface area contributed by atoms with Crippen molar-refractivity contribution in [2.75, 3.05) is 5.43 Å². The summed E-state index contributed by atoms with van der Waals surface area (Å²) >= 11 is 5.84. The van der Waals surface area contributed by atoms with Gasteiger partial charge in [0.15, 0.2) is 11.2 Å². The molecule has 8 nitrogen and oxygen atoms in total. The molecule has 2 aromatic heterocycles. The molecular formula is C16H17ClN6O2. The molecule has 0 fully saturated rings. The Kier molecular flexibility index (Phi) is 4.45. The quantitative estimate of drug-likeness (QED) is 0.565. The lowest BCUT2D eigenvalue weighted by Gasteiger charge is -2.05. The Bertz CT molecular complexity index is 1080. The summed E-state index contributed by atoms with van der Waals surface area (Å²) < 4.78 is 4.11. The fourth-order valence-corrected chi connectivity index (χ4v) is 2.66. The monoisotopic (exact) mass is 360 g/mol. The Labute approximate surface area is 148 Å². The molecule has 1 N–H and O–H groups in total. The van der Waals surface area contributed by atoms with E-state index < -0.39 is 5.69 Å². The molecule has 0 bridgehead atoms. The Morgan fingerprint density at radius 2 is 1.88 bits per heavy atom. The van der Waals surface area contributed by atoms with Crippen LogP contribution >= 0.6 is 11.6 Å². The zero-order chi connectivity index (χ0) is 18.1. The van der Waals surface area contributed by atoms with Crippen molar-refractivity contribution in [1.82, 2.24) is 18.7 Å². The summed E-state index contributed by atoms with van der Waals surface area (Å²) in [4.78, 5) is 29.0. The summed E-state index contributed by atoms with van der Waals surface area (Å²) in [5, 5.41) is 4.77. The Morgan fingerprint density at radius 3 is 2.52 bits per heavy atom. The number of fused-ring (bicyclic) bond motifs is 1. The molecule has 2 heterocycles. The minimum Gasteiger partial charge on any atom is -0.306 e. The molecule has 0 radical (unpaired) electrons. The van der Waals surface area contributed by atoms with Crippen LogP contribution in [0, 0.1) is 0 Å². The number of hydrogen-bond acceptors (Lipinski definition) is 5.